The molecule has 0 bridgehead atoms. The van der Waals surface area contributed by atoms with E-state index in [0.29, 0.717) is 4.48 Å². The molecule has 0 N–H and O–H groups in total. The fraction of sp³-hybridized carbons (Fsp3) is 0.417. The van der Waals surface area contributed by atoms with Crippen LogP contribution in [0, 0.1) is 0 Å². The molecule has 0 atom stereocenters. The van der Waals surface area contributed by atoms with E-state index in [4.69, 9.17) is 0 Å². The largest absolute Gasteiger partial charge is 0.388 e. The Morgan fingerprint density at radius 3 is 1.80 bits per heavy atom. The smallest absolute Gasteiger partial charge is 0.345 e. The molecule has 0 saturated heterocycles. The summed E-state index contributed by atoms with van der Waals surface area (Å²) in [6.45, 7) is 0. The minimum absolute atomic E-state index is 0.135. The van der Waals surface area contributed by atoms with Crippen molar-refractivity contribution in [3.05, 3.63) is 35.9 Å². The number of hydrogen-bond donors (Lipinski definition) is 0. The Balaban J connectivity index is 0.000000583. The molecule has 15 heavy (non-hydrogen) atoms. The summed E-state index contributed by atoms with van der Waals surface area (Å²) in [5.74, 6) is 0.135. The normalized spacial score (nSPS) is 10.2. The van der Waals surface area contributed by atoms with Gasteiger partial charge in [0.15, 0.2) is 0 Å². The van der Waals surface area contributed by atoms with Gasteiger partial charge in [-0.1, -0.05) is 18.2 Å². The van der Waals surface area contributed by atoms with E-state index >= 15 is 0 Å². The number of benzene rings is 1. The Kier molecular flexibility index (Phi) is 5.82. The Morgan fingerprint density at radius 1 is 1.07 bits per heavy atom. The van der Waals surface area contributed by atoms with E-state index in [1.165, 1.54) is 0 Å². The number of methoxy groups -OCH3 is 1. The maximum absolute atomic E-state index is 11.6. The van der Waals surface area contributed by atoms with Crippen molar-refractivity contribution in [1.82, 2.24) is 0 Å². The second kappa shape index (κ2) is 6.32. The summed E-state index contributed by atoms with van der Waals surface area (Å²) in [4.78, 5) is 11.6. The lowest BCUT2D eigenvalue weighted by molar-refractivity contribution is -0.785. The van der Waals surface area contributed by atoms with Crippen LogP contribution in [0.1, 0.15) is 10.4 Å². The predicted molar refractivity (Wildman–Crippen MR) is 61.7 cm³/mol. The fourth-order valence-corrected chi connectivity index (χ4v) is 0.968. The Hall–Kier alpha value is -1.19. The molecule has 0 fully saturated rings. The average Bonchev–Trinajstić information content (AvgIpc) is 2.18. The standard InChI is InChI=1S/C10H14NO.C2H6O/c1-11(2,3)10(12)9-7-5-4-6-8-9;1-3-2/h4-8H,1-3H3;1-2H3/q+1;. The van der Waals surface area contributed by atoms with E-state index < -0.39 is 0 Å². The van der Waals surface area contributed by atoms with Crippen LogP contribution in [0.5, 0.6) is 0 Å². The van der Waals surface area contributed by atoms with Crippen LogP contribution < -0.4 is 0 Å². The molecular formula is C12H20NO2+. The van der Waals surface area contributed by atoms with E-state index in [-0.39, 0.29) is 5.91 Å². The van der Waals surface area contributed by atoms with Gasteiger partial charge < -0.3 is 4.74 Å². The molecule has 84 valence electrons. The van der Waals surface area contributed by atoms with Gasteiger partial charge in [0.25, 0.3) is 0 Å². The summed E-state index contributed by atoms with van der Waals surface area (Å²) >= 11 is 0. The van der Waals surface area contributed by atoms with Crippen molar-refractivity contribution in [2.45, 2.75) is 0 Å². The first-order chi connectivity index (χ1) is 6.93. The second-order valence-electron chi connectivity index (χ2n) is 4.09. The molecule has 1 rings (SSSR count). The van der Waals surface area contributed by atoms with E-state index in [0.717, 1.165) is 5.56 Å². The summed E-state index contributed by atoms with van der Waals surface area (Å²) in [6, 6.07) is 9.34. The third-order valence-corrected chi connectivity index (χ3v) is 1.63. The van der Waals surface area contributed by atoms with Crippen molar-refractivity contribution in [3.8, 4) is 0 Å². The van der Waals surface area contributed by atoms with Crippen molar-refractivity contribution in [1.29, 1.82) is 0 Å². The maximum atomic E-state index is 11.6. The Labute approximate surface area is 91.9 Å². The highest BCUT2D eigenvalue weighted by molar-refractivity contribution is 5.88. The Bertz CT molecular complexity index is 288. The summed E-state index contributed by atoms with van der Waals surface area (Å²) < 4.78 is 4.59. The molecule has 1 aromatic rings. The van der Waals surface area contributed by atoms with Gasteiger partial charge in [-0.2, -0.15) is 0 Å². The highest BCUT2D eigenvalue weighted by Gasteiger charge is 2.21. The molecular weight excluding hydrogens is 190 g/mol. The quantitative estimate of drug-likeness (QED) is 0.661. The molecule has 0 aliphatic rings. The van der Waals surface area contributed by atoms with E-state index in [1.807, 2.05) is 51.5 Å². The van der Waals surface area contributed by atoms with Gasteiger partial charge in [-0.05, 0) is 12.1 Å². The molecule has 3 heteroatoms. The van der Waals surface area contributed by atoms with Gasteiger partial charge in [0.05, 0.1) is 26.7 Å². The number of amides is 1. The minimum Gasteiger partial charge on any atom is -0.388 e. The monoisotopic (exact) mass is 210 g/mol. The first-order valence-corrected chi connectivity index (χ1v) is 4.75. The first-order valence-electron chi connectivity index (χ1n) is 4.75. The van der Waals surface area contributed by atoms with Gasteiger partial charge in [0, 0.05) is 14.2 Å². The molecule has 0 saturated carbocycles. The van der Waals surface area contributed by atoms with E-state index in [2.05, 4.69) is 4.74 Å². The lowest BCUT2D eigenvalue weighted by Gasteiger charge is -2.20. The van der Waals surface area contributed by atoms with Crippen molar-refractivity contribution in [3.63, 3.8) is 0 Å². The third kappa shape index (κ3) is 5.30. The van der Waals surface area contributed by atoms with Crippen molar-refractivity contribution >= 4 is 5.91 Å². The molecule has 0 unspecified atom stereocenters. The number of carbonyl (C=O) groups is 1. The SMILES string of the molecule is COC.C[N+](C)(C)C(=O)c1ccccc1. The lowest BCUT2D eigenvalue weighted by atomic mass is 10.2. The second-order valence-corrected chi connectivity index (χ2v) is 4.09. The highest BCUT2D eigenvalue weighted by atomic mass is 16.4. The zero-order chi connectivity index (χ0) is 11.9. The minimum atomic E-state index is 0.135. The number of rotatable bonds is 1. The fourth-order valence-electron chi connectivity index (χ4n) is 0.968. The molecule has 0 aliphatic carbocycles. The molecule has 0 aromatic heterocycles. The zero-order valence-corrected chi connectivity index (χ0v) is 10.2. The number of carbonyl (C=O) groups excluding carboxylic acids is 1. The summed E-state index contributed by atoms with van der Waals surface area (Å²) in [5.41, 5.74) is 0.769. The van der Waals surface area contributed by atoms with E-state index in [9.17, 15) is 4.79 Å². The van der Waals surface area contributed by atoms with Crippen LogP contribution in [0.15, 0.2) is 30.3 Å². The van der Waals surface area contributed by atoms with Gasteiger partial charge in [0.1, 0.15) is 0 Å². The van der Waals surface area contributed by atoms with E-state index in [1.54, 1.807) is 14.2 Å². The van der Waals surface area contributed by atoms with Crippen molar-refractivity contribution in [2.24, 2.45) is 0 Å². The molecule has 0 aliphatic heterocycles. The van der Waals surface area contributed by atoms with Gasteiger partial charge in [-0.3, -0.25) is 4.48 Å². The first kappa shape index (κ1) is 13.8. The molecule has 3 nitrogen and oxygen atoms in total. The van der Waals surface area contributed by atoms with Gasteiger partial charge in [-0.15, -0.1) is 0 Å². The van der Waals surface area contributed by atoms with Crippen molar-refractivity contribution < 1.29 is 14.0 Å². The average molecular weight is 210 g/mol. The topological polar surface area (TPSA) is 26.3 Å². The number of hydrogen-bond acceptors (Lipinski definition) is 2. The van der Waals surface area contributed by atoms with Gasteiger partial charge >= 0.3 is 5.91 Å². The predicted octanol–water partition coefficient (Wildman–Crippen LogP) is 1.80. The third-order valence-electron chi connectivity index (χ3n) is 1.63. The number of quaternary nitrogens is 1. The van der Waals surface area contributed by atoms with Crippen LogP contribution in [0.4, 0.5) is 0 Å². The maximum Gasteiger partial charge on any atom is 0.345 e. The van der Waals surface area contributed by atoms with Crippen LogP contribution in [0.25, 0.3) is 0 Å². The molecule has 0 heterocycles. The van der Waals surface area contributed by atoms with Crippen LogP contribution in [-0.2, 0) is 4.74 Å². The van der Waals surface area contributed by atoms with Crippen LogP contribution >= 0.6 is 0 Å². The number of ether oxygens (including phenoxy) is 1. The summed E-state index contributed by atoms with van der Waals surface area (Å²) in [6.07, 6.45) is 0. The van der Waals surface area contributed by atoms with Gasteiger partial charge in [0.2, 0.25) is 0 Å². The summed E-state index contributed by atoms with van der Waals surface area (Å²) in [7, 11) is 8.86. The zero-order valence-electron chi connectivity index (χ0n) is 10.2. The highest BCUT2D eigenvalue weighted by Crippen LogP contribution is 2.05. The van der Waals surface area contributed by atoms with Gasteiger partial charge in [-0.25, -0.2) is 4.79 Å². The Morgan fingerprint density at radius 2 is 1.47 bits per heavy atom. The van der Waals surface area contributed by atoms with Crippen LogP contribution in [0.2, 0.25) is 0 Å². The molecule has 0 spiro atoms. The number of nitrogens with zero attached hydrogens (tertiary/aromatic N) is 1. The molecule has 1 aromatic carbocycles. The lowest BCUT2D eigenvalue weighted by Crippen LogP contribution is -2.41. The summed E-state index contributed by atoms with van der Waals surface area (Å²) in [5, 5.41) is 0. The van der Waals surface area contributed by atoms with Crippen LogP contribution in [-0.4, -0.2) is 45.8 Å². The molecule has 0 radical (unpaired) electrons. The molecule has 1 amide bonds. The van der Waals surface area contributed by atoms with Crippen molar-refractivity contribution in [2.75, 3.05) is 35.4 Å². The van der Waals surface area contributed by atoms with Crippen LogP contribution in [0.3, 0.4) is 0 Å².